The fraction of sp³-hybridized carbons (Fsp3) is 0.643. The van der Waals surface area contributed by atoms with E-state index in [1.54, 1.807) is 0 Å². The van der Waals surface area contributed by atoms with E-state index in [0.717, 1.165) is 12.5 Å². The van der Waals surface area contributed by atoms with Crippen molar-refractivity contribution < 1.29 is 0 Å². The summed E-state index contributed by atoms with van der Waals surface area (Å²) >= 11 is 0. The highest BCUT2D eigenvalue weighted by Crippen LogP contribution is 2.46. The van der Waals surface area contributed by atoms with E-state index in [9.17, 15) is 0 Å². The zero-order valence-electron chi connectivity index (χ0n) is 10.7. The Balaban J connectivity index is 1.85. The molecule has 2 atom stereocenters. The minimum absolute atomic E-state index is 0.230. The highest BCUT2D eigenvalue weighted by Gasteiger charge is 2.39. The van der Waals surface area contributed by atoms with Crippen LogP contribution in [0.5, 0.6) is 0 Å². The average molecular weight is 218 g/mol. The summed E-state index contributed by atoms with van der Waals surface area (Å²) in [4.78, 5) is 4.51. The van der Waals surface area contributed by atoms with Crippen molar-refractivity contribution in [2.45, 2.75) is 45.6 Å². The maximum Gasteiger partial charge on any atom is 0.0438 e. The van der Waals surface area contributed by atoms with Gasteiger partial charge in [0.05, 0.1) is 0 Å². The van der Waals surface area contributed by atoms with Gasteiger partial charge in [-0.15, -0.1) is 0 Å². The second kappa shape index (κ2) is 4.17. The van der Waals surface area contributed by atoms with Crippen LogP contribution in [0.4, 0.5) is 0 Å². The summed E-state index contributed by atoms with van der Waals surface area (Å²) in [5.41, 5.74) is 2.74. The number of aryl methyl sites for hydroxylation is 1. The van der Waals surface area contributed by atoms with Gasteiger partial charge in [0, 0.05) is 23.3 Å². The molecular weight excluding hydrogens is 196 g/mol. The Morgan fingerprint density at radius 2 is 2.12 bits per heavy atom. The van der Waals surface area contributed by atoms with Crippen LogP contribution in [0.15, 0.2) is 18.3 Å². The molecule has 88 valence electrons. The van der Waals surface area contributed by atoms with Crippen LogP contribution in [0, 0.1) is 12.8 Å². The normalized spacial score (nSPS) is 24.5. The van der Waals surface area contributed by atoms with Gasteiger partial charge >= 0.3 is 0 Å². The summed E-state index contributed by atoms with van der Waals surface area (Å²) in [6.45, 7) is 9.85. The van der Waals surface area contributed by atoms with Gasteiger partial charge in [0.2, 0.25) is 0 Å². The molecule has 1 aliphatic carbocycles. The number of pyridine rings is 1. The Kier molecular flexibility index (Phi) is 3.02. The van der Waals surface area contributed by atoms with Crippen molar-refractivity contribution in [3.8, 4) is 0 Å². The molecule has 0 amide bonds. The van der Waals surface area contributed by atoms with E-state index in [1.165, 1.54) is 17.7 Å². The highest BCUT2D eigenvalue weighted by molar-refractivity contribution is 5.21. The number of aromatic nitrogens is 1. The van der Waals surface area contributed by atoms with Crippen LogP contribution in [0.1, 0.15) is 44.4 Å². The molecule has 1 heterocycles. The van der Waals surface area contributed by atoms with Gasteiger partial charge in [0.25, 0.3) is 0 Å². The third kappa shape index (κ3) is 3.05. The lowest BCUT2D eigenvalue weighted by Crippen LogP contribution is -2.37. The molecule has 2 heteroatoms. The summed E-state index contributed by atoms with van der Waals surface area (Å²) in [6, 6.07) is 4.34. The van der Waals surface area contributed by atoms with Crippen LogP contribution in [-0.4, -0.2) is 17.1 Å². The molecule has 1 aromatic rings. The summed E-state index contributed by atoms with van der Waals surface area (Å²) in [5, 5.41) is 3.57. The zero-order valence-corrected chi connectivity index (χ0v) is 10.7. The summed E-state index contributed by atoms with van der Waals surface area (Å²) in [7, 11) is 0. The van der Waals surface area contributed by atoms with Crippen LogP contribution >= 0.6 is 0 Å². The first-order valence-corrected chi connectivity index (χ1v) is 6.13. The van der Waals surface area contributed by atoms with E-state index in [-0.39, 0.29) is 5.54 Å². The van der Waals surface area contributed by atoms with Crippen molar-refractivity contribution in [3.05, 3.63) is 29.6 Å². The second-order valence-corrected chi connectivity index (χ2v) is 5.99. The predicted octanol–water partition coefficient (Wildman–Crippen LogP) is 2.88. The highest BCUT2D eigenvalue weighted by atomic mass is 15.0. The first-order chi connectivity index (χ1) is 7.46. The molecule has 0 aromatic carbocycles. The van der Waals surface area contributed by atoms with Crippen molar-refractivity contribution in [1.29, 1.82) is 0 Å². The van der Waals surface area contributed by atoms with Crippen LogP contribution in [0.25, 0.3) is 0 Å². The van der Waals surface area contributed by atoms with E-state index in [0.29, 0.717) is 5.92 Å². The molecule has 0 saturated heterocycles. The molecule has 2 rings (SSSR count). The van der Waals surface area contributed by atoms with Gasteiger partial charge in [0.1, 0.15) is 0 Å². The van der Waals surface area contributed by atoms with Gasteiger partial charge in [0.15, 0.2) is 0 Å². The van der Waals surface area contributed by atoms with E-state index >= 15 is 0 Å². The zero-order chi connectivity index (χ0) is 11.8. The fourth-order valence-corrected chi connectivity index (χ4v) is 1.97. The van der Waals surface area contributed by atoms with Crippen LogP contribution in [-0.2, 0) is 0 Å². The van der Waals surface area contributed by atoms with Crippen LogP contribution in [0.2, 0.25) is 0 Å². The van der Waals surface area contributed by atoms with Crippen molar-refractivity contribution in [1.82, 2.24) is 10.3 Å². The van der Waals surface area contributed by atoms with Crippen molar-refractivity contribution in [2.24, 2.45) is 5.92 Å². The molecule has 0 spiro atoms. The molecule has 0 aliphatic heterocycles. The summed E-state index contributed by atoms with van der Waals surface area (Å²) in [6.07, 6.45) is 3.26. The minimum atomic E-state index is 0.230. The Hall–Kier alpha value is -0.890. The summed E-state index contributed by atoms with van der Waals surface area (Å²) < 4.78 is 0. The maximum atomic E-state index is 4.51. The smallest absolute Gasteiger partial charge is 0.0438 e. The van der Waals surface area contributed by atoms with Gasteiger partial charge in [-0.05, 0) is 58.2 Å². The first-order valence-electron chi connectivity index (χ1n) is 6.13. The molecule has 1 aliphatic rings. The lowest BCUT2D eigenvalue weighted by Gasteiger charge is -2.20. The van der Waals surface area contributed by atoms with Crippen molar-refractivity contribution in [3.63, 3.8) is 0 Å². The first kappa shape index (κ1) is 11.6. The van der Waals surface area contributed by atoms with Crippen molar-refractivity contribution >= 4 is 0 Å². The Labute approximate surface area is 98.5 Å². The minimum Gasteiger partial charge on any atom is -0.312 e. The predicted molar refractivity (Wildman–Crippen MR) is 67.6 cm³/mol. The number of nitrogens with zero attached hydrogens (tertiary/aromatic N) is 1. The maximum absolute atomic E-state index is 4.51. The Morgan fingerprint density at radius 3 is 2.69 bits per heavy atom. The van der Waals surface area contributed by atoms with Crippen LogP contribution < -0.4 is 5.32 Å². The third-order valence-corrected chi connectivity index (χ3v) is 3.13. The lowest BCUT2D eigenvalue weighted by atomic mass is 10.1. The second-order valence-electron chi connectivity index (χ2n) is 5.99. The lowest BCUT2D eigenvalue weighted by molar-refractivity contribution is 0.414. The standard InChI is InChI=1S/C14H22N2/c1-10-5-6-13(15-8-10)12-7-11(12)9-16-14(2,3)4/h5-6,8,11-12,16H,7,9H2,1-4H3. The summed E-state index contributed by atoms with van der Waals surface area (Å²) in [5.74, 6) is 1.48. The molecule has 1 N–H and O–H groups in total. The third-order valence-electron chi connectivity index (χ3n) is 3.13. The van der Waals surface area contributed by atoms with Gasteiger partial charge in [-0.25, -0.2) is 0 Å². The number of hydrogen-bond donors (Lipinski definition) is 1. The SMILES string of the molecule is Cc1ccc(C2CC2CNC(C)(C)C)nc1. The van der Waals surface area contributed by atoms with Crippen LogP contribution in [0.3, 0.4) is 0 Å². The van der Waals surface area contributed by atoms with E-state index < -0.39 is 0 Å². The number of nitrogens with one attached hydrogen (secondary N) is 1. The van der Waals surface area contributed by atoms with Gasteiger partial charge < -0.3 is 5.32 Å². The van der Waals surface area contributed by atoms with E-state index in [1.807, 2.05) is 6.20 Å². The van der Waals surface area contributed by atoms with Gasteiger partial charge in [-0.1, -0.05) is 6.07 Å². The average Bonchev–Trinajstić information content (AvgIpc) is 2.94. The van der Waals surface area contributed by atoms with Crippen molar-refractivity contribution in [2.75, 3.05) is 6.54 Å². The van der Waals surface area contributed by atoms with E-state index in [4.69, 9.17) is 0 Å². The Bertz CT molecular complexity index is 348. The molecule has 1 aromatic heterocycles. The number of hydrogen-bond acceptors (Lipinski definition) is 2. The molecule has 16 heavy (non-hydrogen) atoms. The molecule has 0 bridgehead atoms. The molecule has 0 radical (unpaired) electrons. The monoisotopic (exact) mass is 218 g/mol. The molecule has 1 fully saturated rings. The van der Waals surface area contributed by atoms with E-state index in [2.05, 4.69) is 50.1 Å². The fourth-order valence-electron chi connectivity index (χ4n) is 1.97. The molecule has 1 saturated carbocycles. The molecule has 2 nitrogen and oxygen atoms in total. The molecule has 2 unspecified atom stereocenters. The van der Waals surface area contributed by atoms with Gasteiger partial charge in [-0.3, -0.25) is 4.98 Å². The molecular formula is C14H22N2. The largest absolute Gasteiger partial charge is 0.312 e. The van der Waals surface area contributed by atoms with Gasteiger partial charge in [-0.2, -0.15) is 0 Å². The number of rotatable bonds is 3. The topological polar surface area (TPSA) is 24.9 Å². The quantitative estimate of drug-likeness (QED) is 0.844. The Morgan fingerprint density at radius 1 is 1.38 bits per heavy atom.